The van der Waals surface area contributed by atoms with Crippen molar-refractivity contribution in [3.05, 3.63) is 12.4 Å². The van der Waals surface area contributed by atoms with Crippen molar-refractivity contribution >= 4 is 15.8 Å². The Kier molecular flexibility index (Phi) is 4.20. The van der Waals surface area contributed by atoms with Gasteiger partial charge in [-0.15, -0.1) is 0 Å². The maximum Gasteiger partial charge on any atom is 0.218 e. The van der Waals surface area contributed by atoms with Crippen LogP contribution in [-0.2, 0) is 14.8 Å². The van der Waals surface area contributed by atoms with Gasteiger partial charge < -0.3 is 14.4 Å². The largest absolute Gasteiger partial charge is 0.481 e. The van der Waals surface area contributed by atoms with Gasteiger partial charge in [-0.1, -0.05) is 0 Å². The Morgan fingerprint density at radius 3 is 3.00 bits per heavy atom. The summed E-state index contributed by atoms with van der Waals surface area (Å²) in [6.45, 7) is 2.56. The highest BCUT2D eigenvalue weighted by molar-refractivity contribution is 7.88. The monoisotopic (exact) mass is 328 g/mol. The highest BCUT2D eigenvalue weighted by atomic mass is 32.2. The molecule has 1 aromatic heterocycles. The zero-order valence-electron chi connectivity index (χ0n) is 12.6. The van der Waals surface area contributed by atoms with Crippen molar-refractivity contribution in [2.24, 2.45) is 11.8 Å². The van der Waals surface area contributed by atoms with E-state index in [9.17, 15) is 8.42 Å². The first-order valence-corrected chi connectivity index (χ1v) is 9.02. The quantitative estimate of drug-likeness (QED) is 0.778. The summed E-state index contributed by atoms with van der Waals surface area (Å²) in [5, 5.41) is 0. The first kappa shape index (κ1) is 15.4. The van der Waals surface area contributed by atoms with Crippen LogP contribution in [0.1, 0.15) is 0 Å². The minimum atomic E-state index is -3.17. The summed E-state index contributed by atoms with van der Waals surface area (Å²) in [6.07, 6.45) is 2.77. The normalized spacial score (nSPS) is 27.9. The number of anilines is 1. The summed E-state index contributed by atoms with van der Waals surface area (Å²) >= 11 is 0. The third kappa shape index (κ3) is 3.31. The molecule has 0 bridgehead atoms. The van der Waals surface area contributed by atoms with Gasteiger partial charge in [-0.2, -0.15) is 0 Å². The molecule has 2 saturated heterocycles. The Hall–Kier alpha value is -1.45. The van der Waals surface area contributed by atoms with Crippen LogP contribution in [0.4, 0.5) is 5.82 Å². The molecule has 3 rings (SSSR count). The molecule has 0 aliphatic carbocycles. The average Bonchev–Trinajstić information content (AvgIpc) is 3.05. The van der Waals surface area contributed by atoms with Gasteiger partial charge in [-0.25, -0.2) is 23.1 Å². The second-order valence-corrected chi connectivity index (χ2v) is 7.57. The van der Waals surface area contributed by atoms with E-state index in [0.29, 0.717) is 24.9 Å². The standard InChI is InChI=1S/C13H20N4O4S/c1-20-13-3-12(14-8-15-13)17-5-10-9(4-16-22(2,18)19)7-21-11(10)6-17/h3,8-11,16H,4-7H2,1-2H3/t9-,10-,11-/m0/s1. The van der Waals surface area contributed by atoms with E-state index in [1.165, 1.54) is 12.6 Å². The van der Waals surface area contributed by atoms with Crippen LogP contribution in [0, 0.1) is 11.8 Å². The van der Waals surface area contributed by atoms with Gasteiger partial charge in [0, 0.05) is 37.5 Å². The fraction of sp³-hybridized carbons (Fsp3) is 0.692. The molecule has 0 aromatic carbocycles. The van der Waals surface area contributed by atoms with Crippen LogP contribution in [0.15, 0.2) is 12.4 Å². The van der Waals surface area contributed by atoms with Crippen LogP contribution < -0.4 is 14.4 Å². The van der Waals surface area contributed by atoms with Crippen molar-refractivity contribution in [1.29, 1.82) is 0 Å². The van der Waals surface area contributed by atoms with Gasteiger partial charge in [0.05, 0.1) is 26.1 Å². The van der Waals surface area contributed by atoms with Crippen LogP contribution in [0.2, 0.25) is 0 Å². The van der Waals surface area contributed by atoms with E-state index in [1.54, 1.807) is 13.2 Å². The highest BCUT2D eigenvalue weighted by Gasteiger charge is 2.44. The molecule has 1 N–H and O–H groups in total. The van der Waals surface area contributed by atoms with Gasteiger partial charge in [-0.05, 0) is 0 Å². The minimum absolute atomic E-state index is 0.118. The van der Waals surface area contributed by atoms with E-state index in [2.05, 4.69) is 19.6 Å². The molecule has 1 aromatic rings. The predicted octanol–water partition coefficient (Wildman–Crippen LogP) is -0.514. The molecule has 3 heterocycles. The number of rotatable bonds is 5. The molecule has 0 unspecified atom stereocenters. The number of hydrogen-bond acceptors (Lipinski definition) is 7. The van der Waals surface area contributed by atoms with Gasteiger partial charge in [0.1, 0.15) is 12.1 Å². The van der Waals surface area contributed by atoms with Crippen molar-refractivity contribution < 1.29 is 17.9 Å². The molecule has 0 spiro atoms. The summed E-state index contributed by atoms with van der Waals surface area (Å²) < 4.78 is 36.0. The van der Waals surface area contributed by atoms with Crippen LogP contribution in [0.25, 0.3) is 0 Å². The van der Waals surface area contributed by atoms with Crippen LogP contribution in [0.3, 0.4) is 0 Å². The lowest BCUT2D eigenvalue weighted by Gasteiger charge is -2.20. The minimum Gasteiger partial charge on any atom is -0.481 e. The zero-order valence-corrected chi connectivity index (χ0v) is 13.4. The number of sulfonamides is 1. The molecule has 0 amide bonds. The molecule has 3 atom stereocenters. The topological polar surface area (TPSA) is 93.7 Å². The number of fused-ring (bicyclic) bond motifs is 1. The van der Waals surface area contributed by atoms with Crippen molar-refractivity contribution in [3.8, 4) is 5.88 Å². The van der Waals surface area contributed by atoms with Crippen molar-refractivity contribution in [2.45, 2.75) is 6.10 Å². The molecule has 2 fully saturated rings. The maximum absolute atomic E-state index is 11.2. The first-order chi connectivity index (χ1) is 10.5. The summed E-state index contributed by atoms with van der Waals surface area (Å²) in [4.78, 5) is 10.4. The molecule has 122 valence electrons. The molecular weight excluding hydrogens is 308 g/mol. The predicted molar refractivity (Wildman–Crippen MR) is 80.4 cm³/mol. The second kappa shape index (κ2) is 5.98. The van der Waals surface area contributed by atoms with E-state index in [-0.39, 0.29) is 12.0 Å². The summed E-state index contributed by atoms with van der Waals surface area (Å²) in [7, 11) is -1.60. The Balaban J connectivity index is 1.66. The van der Waals surface area contributed by atoms with Crippen molar-refractivity contribution in [1.82, 2.24) is 14.7 Å². The average molecular weight is 328 g/mol. The SMILES string of the molecule is COc1cc(N2C[C@H]3[C@@H](CNS(C)(=O)=O)CO[C@H]3C2)ncn1. The molecular formula is C13H20N4O4S. The Bertz CT molecular complexity index is 639. The number of ether oxygens (including phenoxy) is 2. The van der Waals surface area contributed by atoms with Gasteiger partial charge in [0.2, 0.25) is 15.9 Å². The Labute approximate surface area is 129 Å². The molecule has 9 heteroatoms. The zero-order chi connectivity index (χ0) is 15.7. The molecule has 2 aliphatic rings. The van der Waals surface area contributed by atoms with Crippen molar-refractivity contribution in [2.75, 3.05) is 44.5 Å². The fourth-order valence-electron chi connectivity index (χ4n) is 3.07. The number of aromatic nitrogens is 2. The third-order valence-corrected chi connectivity index (χ3v) is 4.90. The van der Waals surface area contributed by atoms with E-state index in [1.807, 2.05) is 0 Å². The number of hydrogen-bond donors (Lipinski definition) is 1. The summed E-state index contributed by atoms with van der Waals surface area (Å²) in [5.41, 5.74) is 0. The molecule has 2 aliphatic heterocycles. The lowest BCUT2D eigenvalue weighted by molar-refractivity contribution is 0.111. The summed E-state index contributed by atoms with van der Waals surface area (Å²) in [5.74, 6) is 1.82. The third-order valence-electron chi connectivity index (χ3n) is 4.21. The lowest BCUT2D eigenvalue weighted by atomic mass is 9.93. The molecule has 0 radical (unpaired) electrons. The highest BCUT2D eigenvalue weighted by Crippen LogP contribution is 2.35. The smallest absolute Gasteiger partial charge is 0.218 e. The number of nitrogens with one attached hydrogen (secondary N) is 1. The Morgan fingerprint density at radius 2 is 2.27 bits per heavy atom. The maximum atomic E-state index is 11.2. The van der Waals surface area contributed by atoms with Gasteiger partial charge >= 0.3 is 0 Å². The molecule has 22 heavy (non-hydrogen) atoms. The molecule has 0 saturated carbocycles. The van der Waals surface area contributed by atoms with E-state index in [4.69, 9.17) is 9.47 Å². The van der Waals surface area contributed by atoms with Gasteiger partial charge in [-0.3, -0.25) is 0 Å². The second-order valence-electron chi connectivity index (χ2n) is 5.74. The van der Waals surface area contributed by atoms with E-state index in [0.717, 1.165) is 18.9 Å². The molecule has 8 nitrogen and oxygen atoms in total. The number of nitrogens with zero attached hydrogens (tertiary/aromatic N) is 3. The number of methoxy groups -OCH3 is 1. The van der Waals surface area contributed by atoms with Crippen LogP contribution in [-0.4, -0.2) is 64.1 Å². The van der Waals surface area contributed by atoms with Crippen LogP contribution >= 0.6 is 0 Å². The van der Waals surface area contributed by atoms with Crippen LogP contribution in [0.5, 0.6) is 5.88 Å². The van der Waals surface area contributed by atoms with Gasteiger partial charge in [0.15, 0.2) is 0 Å². The first-order valence-electron chi connectivity index (χ1n) is 7.13. The van der Waals surface area contributed by atoms with Gasteiger partial charge in [0.25, 0.3) is 0 Å². The fourth-order valence-corrected chi connectivity index (χ4v) is 3.59. The van der Waals surface area contributed by atoms with E-state index >= 15 is 0 Å². The van der Waals surface area contributed by atoms with Crippen molar-refractivity contribution in [3.63, 3.8) is 0 Å². The summed E-state index contributed by atoms with van der Waals surface area (Å²) in [6, 6.07) is 1.80. The lowest BCUT2D eigenvalue weighted by Crippen LogP contribution is -2.33. The van der Waals surface area contributed by atoms with E-state index < -0.39 is 10.0 Å². The Morgan fingerprint density at radius 1 is 1.45 bits per heavy atom.